The average molecular weight is 368 g/mol. The second-order valence-electron chi connectivity index (χ2n) is 5.61. The van der Waals surface area contributed by atoms with Crippen molar-refractivity contribution < 1.29 is 14.3 Å². The highest BCUT2D eigenvalue weighted by Crippen LogP contribution is 2.27. The number of rotatable bonds is 6. The van der Waals surface area contributed by atoms with Crippen LogP contribution in [-0.4, -0.2) is 25.1 Å². The third-order valence-electron chi connectivity index (χ3n) is 3.91. The molecular weight excluding hydrogens is 348 g/mol. The summed E-state index contributed by atoms with van der Waals surface area (Å²) in [5.41, 5.74) is 3.13. The molecule has 3 rings (SSSR count). The SMILES string of the molecule is CCc1nc(-c2ccc(C(=O)Nc3cc(OC)cc(OC)c3)cc2)cs1. The largest absolute Gasteiger partial charge is 0.497 e. The lowest BCUT2D eigenvalue weighted by molar-refractivity contribution is 0.102. The van der Waals surface area contributed by atoms with Crippen molar-refractivity contribution in [3.8, 4) is 22.8 Å². The number of hydrogen-bond acceptors (Lipinski definition) is 5. The summed E-state index contributed by atoms with van der Waals surface area (Å²) >= 11 is 1.65. The van der Waals surface area contributed by atoms with E-state index < -0.39 is 0 Å². The minimum Gasteiger partial charge on any atom is -0.497 e. The van der Waals surface area contributed by atoms with Gasteiger partial charge in [0.1, 0.15) is 11.5 Å². The molecule has 1 amide bonds. The summed E-state index contributed by atoms with van der Waals surface area (Å²) < 4.78 is 10.4. The minimum absolute atomic E-state index is 0.195. The molecule has 3 aromatic rings. The smallest absolute Gasteiger partial charge is 0.255 e. The number of benzene rings is 2. The van der Waals surface area contributed by atoms with Crippen LogP contribution in [0.4, 0.5) is 5.69 Å². The Hall–Kier alpha value is -2.86. The molecule has 0 saturated carbocycles. The number of nitrogens with one attached hydrogen (secondary N) is 1. The van der Waals surface area contributed by atoms with Gasteiger partial charge in [0.05, 0.1) is 24.9 Å². The van der Waals surface area contributed by atoms with Crippen LogP contribution in [0.2, 0.25) is 0 Å². The highest BCUT2D eigenvalue weighted by atomic mass is 32.1. The van der Waals surface area contributed by atoms with Gasteiger partial charge in [-0.15, -0.1) is 11.3 Å². The Morgan fingerprint density at radius 1 is 1.08 bits per heavy atom. The molecule has 0 aliphatic heterocycles. The van der Waals surface area contributed by atoms with Crippen LogP contribution in [0.1, 0.15) is 22.3 Å². The number of amides is 1. The Bertz CT molecular complexity index is 881. The summed E-state index contributed by atoms with van der Waals surface area (Å²) in [5, 5.41) is 6.01. The Morgan fingerprint density at radius 2 is 1.73 bits per heavy atom. The molecule has 1 aromatic heterocycles. The predicted octanol–water partition coefficient (Wildman–Crippen LogP) is 4.64. The number of carbonyl (C=O) groups excluding carboxylic acids is 1. The number of thiazole rings is 1. The quantitative estimate of drug-likeness (QED) is 0.688. The first kappa shape index (κ1) is 17.9. The van der Waals surface area contributed by atoms with Gasteiger partial charge >= 0.3 is 0 Å². The molecule has 0 bridgehead atoms. The lowest BCUT2D eigenvalue weighted by Crippen LogP contribution is -2.11. The molecule has 2 aromatic carbocycles. The number of hydrogen-bond donors (Lipinski definition) is 1. The summed E-state index contributed by atoms with van der Waals surface area (Å²) in [6.07, 6.45) is 0.926. The molecule has 5 nitrogen and oxygen atoms in total. The molecule has 0 saturated heterocycles. The van der Waals surface area contributed by atoms with E-state index in [0.29, 0.717) is 22.7 Å². The number of anilines is 1. The van der Waals surface area contributed by atoms with Crippen LogP contribution in [0, 0.1) is 0 Å². The molecule has 1 heterocycles. The van der Waals surface area contributed by atoms with Gasteiger partial charge in [-0.05, 0) is 18.6 Å². The zero-order valence-corrected chi connectivity index (χ0v) is 15.7. The summed E-state index contributed by atoms with van der Waals surface area (Å²) in [5.74, 6) is 1.04. The van der Waals surface area contributed by atoms with Crippen LogP contribution in [-0.2, 0) is 6.42 Å². The topological polar surface area (TPSA) is 60.5 Å². The maximum absolute atomic E-state index is 12.5. The molecule has 6 heteroatoms. The van der Waals surface area contributed by atoms with Gasteiger partial charge < -0.3 is 14.8 Å². The zero-order chi connectivity index (χ0) is 18.5. The Balaban J connectivity index is 1.76. The van der Waals surface area contributed by atoms with Crippen LogP contribution in [0.5, 0.6) is 11.5 Å². The number of nitrogens with zero attached hydrogens (tertiary/aromatic N) is 1. The van der Waals surface area contributed by atoms with E-state index in [4.69, 9.17) is 9.47 Å². The van der Waals surface area contributed by atoms with Crippen LogP contribution < -0.4 is 14.8 Å². The molecule has 0 spiro atoms. The van der Waals surface area contributed by atoms with Crippen molar-refractivity contribution in [3.63, 3.8) is 0 Å². The van der Waals surface area contributed by atoms with Crippen LogP contribution >= 0.6 is 11.3 Å². The summed E-state index contributed by atoms with van der Waals surface area (Å²) in [4.78, 5) is 17.1. The Morgan fingerprint density at radius 3 is 2.27 bits per heavy atom. The molecule has 26 heavy (non-hydrogen) atoms. The summed E-state index contributed by atoms with van der Waals surface area (Å²) in [6.45, 7) is 2.09. The normalized spacial score (nSPS) is 10.4. The predicted molar refractivity (Wildman–Crippen MR) is 104 cm³/mol. The van der Waals surface area contributed by atoms with Crippen molar-refractivity contribution in [2.24, 2.45) is 0 Å². The van der Waals surface area contributed by atoms with Crippen LogP contribution in [0.15, 0.2) is 47.8 Å². The molecule has 0 fully saturated rings. The Labute approximate surface area is 156 Å². The minimum atomic E-state index is -0.195. The van der Waals surface area contributed by atoms with Gasteiger partial charge in [0.25, 0.3) is 5.91 Å². The number of aryl methyl sites for hydroxylation is 1. The molecule has 0 aliphatic rings. The summed E-state index contributed by atoms with van der Waals surface area (Å²) in [7, 11) is 3.14. The van der Waals surface area contributed by atoms with Crippen molar-refractivity contribution in [2.45, 2.75) is 13.3 Å². The first-order chi connectivity index (χ1) is 12.6. The first-order valence-electron chi connectivity index (χ1n) is 8.22. The standard InChI is InChI=1S/C20H20N2O3S/c1-4-19-22-18(12-26-19)13-5-7-14(8-6-13)20(23)21-15-9-16(24-2)11-17(10-15)25-3/h5-12H,4H2,1-3H3,(H,21,23). The van der Waals surface area contributed by atoms with E-state index in [1.165, 1.54) is 0 Å². The fourth-order valence-electron chi connectivity index (χ4n) is 2.48. The van der Waals surface area contributed by atoms with Crippen LogP contribution in [0.3, 0.4) is 0 Å². The number of carbonyl (C=O) groups is 1. The molecule has 134 valence electrons. The number of ether oxygens (including phenoxy) is 2. The molecular formula is C20H20N2O3S. The van der Waals surface area contributed by atoms with Gasteiger partial charge in [0, 0.05) is 40.4 Å². The van der Waals surface area contributed by atoms with Gasteiger partial charge in [-0.3, -0.25) is 4.79 Å². The lowest BCUT2D eigenvalue weighted by atomic mass is 10.1. The highest BCUT2D eigenvalue weighted by molar-refractivity contribution is 7.09. The van der Waals surface area contributed by atoms with E-state index in [9.17, 15) is 4.79 Å². The van der Waals surface area contributed by atoms with E-state index >= 15 is 0 Å². The molecule has 0 radical (unpaired) electrons. The zero-order valence-electron chi connectivity index (χ0n) is 14.9. The lowest BCUT2D eigenvalue weighted by Gasteiger charge is -2.10. The fraction of sp³-hybridized carbons (Fsp3) is 0.200. The van der Waals surface area contributed by atoms with Crippen molar-refractivity contribution in [1.82, 2.24) is 4.98 Å². The van der Waals surface area contributed by atoms with Gasteiger partial charge in [0.2, 0.25) is 0 Å². The van der Waals surface area contributed by atoms with Gasteiger partial charge in [-0.25, -0.2) is 4.98 Å². The van der Waals surface area contributed by atoms with Gasteiger partial charge in [-0.2, -0.15) is 0 Å². The Kier molecular flexibility index (Phi) is 5.53. The van der Waals surface area contributed by atoms with Gasteiger partial charge in [0.15, 0.2) is 0 Å². The van der Waals surface area contributed by atoms with Crippen molar-refractivity contribution in [3.05, 3.63) is 58.4 Å². The third kappa shape index (κ3) is 4.03. The molecule has 1 N–H and O–H groups in total. The maximum Gasteiger partial charge on any atom is 0.255 e. The van der Waals surface area contributed by atoms with E-state index in [1.807, 2.05) is 17.5 Å². The monoisotopic (exact) mass is 368 g/mol. The van der Waals surface area contributed by atoms with Crippen molar-refractivity contribution >= 4 is 22.9 Å². The van der Waals surface area contributed by atoms with Crippen molar-refractivity contribution in [2.75, 3.05) is 19.5 Å². The van der Waals surface area contributed by atoms with E-state index in [0.717, 1.165) is 22.7 Å². The second kappa shape index (κ2) is 8.01. The third-order valence-corrected chi connectivity index (χ3v) is 4.90. The first-order valence-corrected chi connectivity index (χ1v) is 9.10. The van der Waals surface area contributed by atoms with E-state index in [1.54, 1.807) is 55.9 Å². The van der Waals surface area contributed by atoms with Gasteiger partial charge in [-0.1, -0.05) is 19.1 Å². The van der Waals surface area contributed by atoms with E-state index in [-0.39, 0.29) is 5.91 Å². The number of methoxy groups -OCH3 is 2. The average Bonchev–Trinajstić information content (AvgIpc) is 3.17. The van der Waals surface area contributed by atoms with Crippen molar-refractivity contribution in [1.29, 1.82) is 0 Å². The second-order valence-corrected chi connectivity index (χ2v) is 6.56. The molecule has 0 atom stereocenters. The number of aromatic nitrogens is 1. The van der Waals surface area contributed by atoms with Crippen LogP contribution in [0.25, 0.3) is 11.3 Å². The highest BCUT2D eigenvalue weighted by Gasteiger charge is 2.10. The maximum atomic E-state index is 12.5. The van der Waals surface area contributed by atoms with E-state index in [2.05, 4.69) is 17.2 Å². The molecule has 0 unspecified atom stereocenters. The summed E-state index contributed by atoms with van der Waals surface area (Å²) in [6, 6.07) is 12.7. The fourth-order valence-corrected chi connectivity index (χ4v) is 3.24. The molecule has 0 aliphatic carbocycles.